The van der Waals surface area contributed by atoms with Crippen LogP contribution in [0.15, 0.2) is 42.7 Å². The number of H-pyrrole nitrogens is 1. The van der Waals surface area contributed by atoms with E-state index in [4.69, 9.17) is 11.6 Å². The second-order valence-electron chi connectivity index (χ2n) is 6.51. The molecule has 1 aliphatic carbocycles. The van der Waals surface area contributed by atoms with E-state index in [-0.39, 0.29) is 11.4 Å². The summed E-state index contributed by atoms with van der Waals surface area (Å²) in [5, 5.41) is 4.83. The maximum absolute atomic E-state index is 12.7. The summed E-state index contributed by atoms with van der Waals surface area (Å²) >= 11 is 6.01. The van der Waals surface area contributed by atoms with Crippen LogP contribution in [0.2, 0.25) is 5.02 Å². The van der Waals surface area contributed by atoms with Gasteiger partial charge in [-0.25, -0.2) is 0 Å². The molecular formula is C18H18ClN3O. The maximum atomic E-state index is 12.7. The molecule has 0 radical (unpaired) electrons. The standard InChI is InChI=1S/C18H18ClN3O/c1-11-9-18(11,13-5-6-22(2)10-13)21-17(23)16-8-12-7-14(19)3-4-15(12)20-16/h3-8,10-11,20H,9H2,1-2H3,(H,21,23)/t11-,18+/m0/s1. The molecule has 1 fully saturated rings. The molecule has 0 spiro atoms. The zero-order chi connectivity index (χ0) is 16.2. The van der Waals surface area contributed by atoms with E-state index in [9.17, 15) is 4.79 Å². The van der Waals surface area contributed by atoms with Crippen LogP contribution in [-0.4, -0.2) is 15.5 Å². The first-order valence-corrected chi connectivity index (χ1v) is 8.09. The number of carbonyl (C=O) groups is 1. The number of halogens is 1. The molecule has 2 atom stereocenters. The lowest BCUT2D eigenvalue weighted by atomic mass is 10.1. The second kappa shape index (κ2) is 4.90. The number of nitrogens with one attached hydrogen (secondary N) is 2. The number of fused-ring (bicyclic) bond motifs is 1. The Hall–Kier alpha value is -2.20. The summed E-state index contributed by atoms with van der Waals surface area (Å²) < 4.78 is 2.01. The van der Waals surface area contributed by atoms with Crippen molar-refractivity contribution in [1.82, 2.24) is 14.9 Å². The van der Waals surface area contributed by atoms with E-state index in [2.05, 4.69) is 29.5 Å². The van der Waals surface area contributed by atoms with Gasteiger partial charge in [0.1, 0.15) is 5.69 Å². The molecule has 4 nitrogen and oxygen atoms in total. The van der Waals surface area contributed by atoms with Crippen LogP contribution < -0.4 is 5.32 Å². The van der Waals surface area contributed by atoms with Crippen LogP contribution in [0.25, 0.3) is 10.9 Å². The van der Waals surface area contributed by atoms with Crippen molar-refractivity contribution in [2.75, 3.05) is 0 Å². The molecule has 0 unspecified atom stereocenters. The summed E-state index contributed by atoms with van der Waals surface area (Å²) in [6, 6.07) is 9.49. The number of rotatable bonds is 3. The van der Waals surface area contributed by atoms with Crippen molar-refractivity contribution >= 4 is 28.4 Å². The van der Waals surface area contributed by atoms with Gasteiger partial charge in [-0.3, -0.25) is 4.79 Å². The summed E-state index contributed by atoms with van der Waals surface area (Å²) in [5.41, 5.74) is 2.40. The number of hydrogen-bond acceptors (Lipinski definition) is 1. The van der Waals surface area contributed by atoms with Gasteiger partial charge in [-0.05, 0) is 48.2 Å². The molecule has 1 saturated carbocycles. The van der Waals surface area contributed by atoms with Gasteiger partial charge in [0, 0.05) is 35.4 Å². The number of amides is 1. The Morgan fingerprint density at radius 2 is 2.17 bits per heavy atom. The minimum absolute atomic E-state index is 0.0782. The van der Waals surface area contributed by atoms with Gasteiger partial charge in [-0.1, -0.05) is 18.5 Å². The molecule has 0 aliphatic heterocycles. The Kier molecular flexibility index (Phi) is 3.07. The van der Waals surface area contributed by atoms with Gasteiger partial charge in [0.15, 0.2) is 0 Å². The topological polar surface area (TPSA) is 49.8 Å². The molecule has 2 aromatic heterocycles. The minimum atomic E-state index is -0.243. The third-order valence-corrected chi connectivity index (χ3v) is 5.06. The summed E-state index contributed by atoms with van der Waals surface area (Å²) in [5.74, 6) is 0.359. The van der Waals surface area contributed by atoms with E-state index in [0.717, 1.165) is 17.3 Å². The second-order valence-corrected chi connectivity index (χ2v) is 6.95. The van der Waals surface area contributed by atoms with Gasteiger partial charge < -0.3 is 14.9 Å². The largest absolute Gasteiger partial charge is 0.357 e. The number of aryl methyl sites for hydroxylation is 1. The Morgan fingerprint density at radius 3 is 2.83 bits per heavy atom. The fourth-order valence-corrected chi connectivity index (χ4v) is 3.52. The average Bonchev–Trinajstić information content (AvgIpc) is 2.90. The molecule has 1 aliphatic rings. The predicted octanol–water partition coefficient (Wildman–Crippen LogP) is 3.82. The number of aromatic nitrogens is 2. The molecule has 2 heterocycles. The lowest BCUT2D eigenvalue weighted by Gasteiger charge is -2.17. The fraction of sp³-hybridized carbons (Fsp3) is 0.278. The fourth-order valence-electron chi connectivity index (χ4n) is 3.34. The molecule has 23 heavy (non-hydrogen) atoms. The van der Waals surface area contributed by atoms with Crippen molar-refractivity contribution in [2.45, 2.75) is 18.9 Å². The highest BCUT2D eigenvalue weighted by atomic mass is 35.5. The Bertz CT molecular complexity index is 910. The van der Waals surface area contributed by atoms with Crippen molar-refractivity contribution in [3.05, 3.63) is 59.0 Å². The lowest BCUT2D eigenvalue weighted by Crippen LogP contribution is -2.36. The number of aromatic amines is 1. The lowest BCUT2D eigenvalue weighted by molar-refractivity contribution is 0.0923. The van der Waals surface area contributed by atoms with E-state index in [1.165, 1.54) is 5.56 Å². The summed E-state index contributed by atoms with van der Waals surface area (Å²) in [6.07, 6.45) is 5.06. The van der Waals surface area contributed by atoms with Gasteiger partial charge >= 0.3 is 0 Å². The molecule has 5 heteroatoms. The molecule has 1 amide bonds. The van der Waals surface area contributed by atoms with Crippen LogP contribution in [0.5, 0.6) is 0 Å². The van der Waals surface area contributed by atoms with Crippen LogP contribution in [0.3, 0.4) is 0 Å². The SMILES string of the molecule is C[C@H]1C[C@]1(NC(=O)c1cc2cc(Cl)ccc2[nH]1)c1ccn(C)c1. The van der Waals surface area contributed by atoms with Crippen LogP contribution in [0.4, 0.5) is 0 Å². The summed E-state index contributed by atoms with van der Waals surface area (Å²) in [7, 11) is 1.99. The maximum Gasteiger partial charge on any atom is 0.268 e. The van der Waals surface area contributed by atoms with Crippen LogP contribution in [-0.2, 0) is 12.6 Å². The first-order valence-electron chi connectivity index (χ1n) is 7.71. The van der Waals surface area contributed by atoms with Crippen LogP contribution >= 0.6 is 11.6 Å². The predicted molar refractivity (Wildman–Crippen MR) is 91.6 cm³/mol. The third-order valence-electron chi connectivity index (χ3n) is 4.82. The monoisotopic (exact) mass is 327 g/mol. The molecule has 118 valence electrons. The Morgan fingerprint density at radius 1 is 1.39 bits per heavy atom. The van der Waals surface area contributed by atoms with Crippen molar-refractivity contribution in [3.8, 4) is 0 Å². The number of benzene rings is 1. The van der Waals surface area contributed by atoms with Crippen molar-refractivity contribution in [2.24, 2.45) is 13.0 Å². The van der Waals surface area contributed by atoms with Crippen molar-refractivity contribution in [1.29, 1.82) is 0 Å². The minimum Gasteiger partial charge on any atom is -0.357 e. The Balaban J connectivity index is 1.63. The van der Waals surface area contributed by atoms with Gasteiger partial charge in [0.25, 0.3) is 5.91 Å². The molecule has 2 N–H and O–H groups in total. The zero-order valence-electron chi connectivity index (χ0n) is 13.1. The number of nitrogens with zero attached hydrogens (tertiary/aromatic N) is 1. The number of hydrogen-bond donors (Lipinski definition) is 2. The van der Waals surface area contributed by atoms with Gasteiger partial charge in [-0.15, -0.1) is 0 Å². The van der Waals surface area contributed by atoms with E-state index >= 15 is 0 Å². The van der Waals surface area contributed by atoms with E-state index in [0.29, 0.717) is 16.6 Å². The van der Waals surface area contributed by atoms with Gasteiger partial charge in [-0.2, -0.15) is 0 Å². The first-order chi connectivity index (χ1) is 11.0. The highest BCUT2D eigenvalue weighted by Gasteiger charge is 2.54. The average molecular weight is 328 g/mol. The highest BCUT2D eigenvalue weighted by Crippen LogP contribution is 2.51. The first kappa shape index (κ1) is 14.4. The van der Waals surface area contributed by atoms with Crippen molar-refractivity contribution in [3.63, 3.8) is 0 Å². The normalized spacial score (nSPS) is 23.2. The molecule has 0 saturated heterocycles. The summed E-state index contributed by atoms with van der Waals surface area (Å²) in [6.45, 7) is 2.16. The molecular weight excluding hydrogens is 310 g/mol. The smallest absolute Gasteiger partial charge is 0.268 e. The molecule has 1 aromatic carbocycles. The molecule has 3 aromatic rings. The summed E-state index contributed by atoms with van der Waals surface area (Å²) in [4.78, 5) is 15.9. The third kappa shape index (κ3) is 2.34. The van der Waals surface area contributed by atoms with Gasteiger partial charge in [0.2, 0.25) is 0 Å². The van der Waals surface area contributed by atoms with Gasteiger partial charge in [0.05, 0.1) is 5.54 Å². The Labute approximate surface area is 139 Å². The molecule has 4 rings (SSSR count). The van der Waals surface area contributed by atoms with E-state index in [1.54, 1.807) is 0 Å². The van der Waals surface area contributed by atoms with Crippen LogP contribution in [0, 0.1) is 5.92 Å². The zero-order valence-corrected chi connectivity index (χ0v) is 13.8. The van der Waals surface area contributed by atoms with Crippen LogP contribution in [0.1, 0.15) is 29.4 Å². The molecule has 0 bridgehead atoms. The highest BCUT2D eigenvalue weighted by molar-refractivity contribution is 6.31. The van der Waals surface area contributed by atoms with E-state index < -0.39 is 0 Å². The van der Waals surface area contributed by atoms with E-state index in [1.807, 2.05) is 42.1 Å². The quantitative estimate of drug-likeness (QED) is 0.754. The van der Waals surface area contributed by atoms with Crippen molar-refractivity contribution < 1.29 is 4.79 Å². The number of carbonyl (C=O) groups excluding carboxylic acids is 1.